The lowest BCUT2D eigenvalue weighted by Gasteiger charge is -2.21. The van der Waals surface area contributed by atoms with Crippen LogP contribution in [0, 0.1) is 5.41 Å². The summed E-state index contributed by atoms with van der Waals surface area (Å²) in [5.41, 5.74) is 0.380. The number of methoxy groups -OCH3 is 1. The number of ketones is 1. The summed E-state index contributed by atoms with van der Waals surface area (Å²) in [6, 6.07) is 5.45. The molecule has 16 heavy (non-hydrogen) atoms. The Morgan fingerprint density at radius 3 is 2.56 bits per heavy atom. The van der Waals surface area contributed by atoms with Crippen molar-refractivity contribution in [3.63, 3.8) is 0 Å². The average molecular weight is 285 g/mol. The molecule has 0 aliphatic heterocycles. The van der Waals surface area contributed by atoms with E-state index < -0.39 is 0 Å². The van der Waals surface area contributed by atoms with Gasteiger partial charge in [-0.3, -0.25) is 4.79 Å². The molecule has 0 heterocycles. The molecule has 0 radical (unpaired) electrons. The fraction of sp³-hybridized carbons (Fsp3) is 0.462. The van der Waals surface area contributed by atoms with Crippen LogP contribution in [0.3, 0.4) is 0 Å². The average Bonchev–Trinajstić information content (AvgIpc) is 2.28. The SMILES string of the molecule is CCC(C)(C)C(=O)c1ccc(Br)c(OC)c1. The highest BCUT2D eigenvalue weighted by Crippen LogP contribution is 2.30. The second-order valence-corrected chi connectivity index (χ2v) is 5.27. The molecule has 0 amide bonds. The van der Waals surface area contributed by atoms with Crippen LogP contribution in [0.2, 0.25) is 0 Å². The van der Waals surface area contributed by atoms with Crippen molar-refractivity contribution in [3.8, 4) is 5.75 Å². The van der Waals surface area contributed by atoms with Crippen molar-refractivity contribution >= 4 is 21.7 Å². The summed E-state index contributed by atoms with van der Waals surface area (Å²) in [6.07, 6.45) is 0.824. The molecular formula is C13H17BrO2. The molecule has 0 N–H and O–H groups in total. The number of hydrogen-bond acceptors (Lipinski definition) is 2. The summed E-state index contributed by atoms with van der Waals surface area (Å²) in [5.74, 6) is 0.846. The molecule has 0 aromatic heterocycles. The molecule has 1 rings (SSSR count). The fourth-order valence-electron chi connectivity index (χ4n) is 1.35. The highest BCUT2D eigenvalue weighted by Gasteiger charge is 2.26. The topological polar surface area (TPSA) is 26.3 Å². The molecule has 1 aromatic rings. The molecule has 0 saturated carbocycles. The Morgan fingerprint density at radius 1 is 1.44 bits per heavy atom. The van der Waals surface area contributed by atoms with Crippen LogP contribution in [-0.4, -0.2) is 12.9 Å². The molecule has 88 valence electrons. The highest BCUT2D eigenvalue weighted by atomic mass is 79.9. The minimum atomic E-state index is -0.321. The number of carbonyl (C=O) groups excluding carboxylic acids is 1. The molecule has 0 bridgehead atoms. The van der Waals surface area contributed by atoms with E-state index in [0.717, 1.165) is 10.9 Å². The van der Waals surface area contributed by atoms with Crippen LogP contribution < -0.4 is 4.74 Å². The Kier molecular flexibility index (Phi) is 4.14. The van der Waals surface area contributed by atoms with Gasteiger partial charge in [0.15, 0.2) is 5.78 Å². The first kappa shape index (κ1) is 13.2. The lowest BCUT2D eigenvalue weighted by atomic mass is 9.82. The normalized spacial score (nSPS) is 11.3. The molecule has 3 heteroatoms. The van der Waals surface area contributed by atoms with E-state index in [1.165, 1.54) is 0 Å². The van der Waals surface area contributed by atoms with Crippen LogP contribution in [0.5, 0.6) is 5.75 Å². The zero-order valence-electron chi connectivity index (χ0n) is 10.1. The van der Waals surface area contributed by atoms with Crippen LogP contribution in [0.15, 0.2) is 22.7 Å². The predicted molar refractivity (Wildman–Crippen MR) is 69.1 cm³/mol. The van der Waals surface area contributed by atoms with Gasteiger partial charge in [-0.05, 0) is 40.5 Å². The van der Waals surface area contributed by atoms with Gasteiger partial charge < -0.3 is 4.74 Å². The minimum Gasteiger partial charge on any atom is -0.496 e. The first-order valence-corrected chi connectivity index (χ1v) is 6.10. The summed E-state index contributed by atoms with van der Waals surface area (Å²) < 4.78 is 6.04. The first-order valence-electron chi connectivity index (χ1n) is 5.30. The smallest absolute Gasteiger partial charge is 0.168 e. The van der Waals surface area contributed by atoms with Crippen molar-refractivity contribution in [1.82, 2.24) is 0 Å². The molecule has 0 atom stereocenters. The second kappa shape index (κ2) is 5.00. The molecule has 0 aliphatic carbocycles. The number of hydrogen-bond donors (Lipinski definition) is 0. The first-order chi connectivity index (χ1) is 7.42. The van der Waals surface area contributed by atoms with Crippen LogP contribution in [0.1, 0.15) is 37.6 Å². The summed E-state index contributed by atoms with van der Waals surface area (Å²) in [5, 5.41) is 0. The van der Waals surface area contributed by atoms with Crippen molar-refractivity contribution in [3.05, 3.63) is 28.2 Å². The summed E-state index contributed by atoms with van der Waals surface area (Å²) in [6.45, 7) is 5.95. The maximum Gasteiger partial charge on any atom is 0.168 e. The van der Waals surface area contributed by atoms with Gasteiger partial charge in [-0.2, -0.15) is 0 Å². The lowest BCUT2D eigenvalue weighted by molar-refractivity contribution is 0.0832. The summed E-state index contributed by atoms with van der Waals surface area (Å²) in [4.78, 5) is 12.2. The van der Waals surface area contributed by atoms with E-state index in [4.69, 9.17) is 4.74 Å². The van der Waals surface area contributed by atoms with E-state index in [0.29, 0.717) is 11.3 Å². The Labute approximate surface area is 105 Å². The van der Waals surface area contributed by atoms with Gasteiger partial charge in [0.25, 0.3) is 0 Å². The zero-order valence-corrected chi connectivity index (χ0v) is 11.7. The van der Waals surface area contributed by atoms with Crippen molar-refractivity contribution in [2.75, 3.05) is 7.11 Å². The number of halogens is 1. The van der Waals surface area contributed by atoms with Gasteiger partial charge in [0.1, 0.15) is 5.75 Å². The Hall–Kier alpha value is -0.830. The molecule has 0 fully saturated rings. The van der Waals surface area contributed by atoms with Crippen molar-refractivity contribution < 1.29 is 9.53 Å². The van der Waals surface area contributed by atoms with Crippen molar-refractivity contribution in [2.45, 2.75) is 27.2 Å². The largest absolute Gasteiger partial charge is 0.496 e. The van der Waals surface area contributed by atoms with Gasteiger partial charge in [0.2, 0.25) is 0 Å². The molecule has 0 aliphatic rings. The summed E-state index contributed by atoms with van der Waals surface area (Å²) in [7, 11) is 1.60. The van der Waals surface area contributed by atoms with Crippen LogP contribution >= 0.6 is 15.9 Å². The van der Waals surface area contributed by atoms with Crippen LogP contribution in [0.25, 0.3) is 0 Å². The van der Waals surface area contributed by atoms with Gasteiger partial charge in [-0.15, -0.1) is 0 Å². The Bertz CT molecular complexity index is 397. The fourth-order valence-corrected chi connectivity index (χ4v) is 1.76. The standard InChI is InChI=1S/C13H17BrO2/c1-5-13(2,3)12(15)9-6-7-10(14)11(8-9)16-4/h6-8H,5H2,1-4H3. The number of carbonyl (C=O) groups is 1. The van der Waals surface area contributed by atoms with E-state index in [9.17, 15) is 4.79 Å². The van der Waals surface area contributed by atoms with Crippen LogP contribution in [0.4, 0.5) is 0 Å². The van der Waals surface area contributed by atoms with Crippen molar-refractivity contribution in [1.29, 1.82) is 0 Å². The maximum absolute atomic E-state index is 12.2. The van der Waals surface area contributed by atoms with Crippen molar-refractivity contribution in [2.24, 2.45) is 5.41 Å². The Morgan fingerprint density at radius 2 is 2.06 bits per heavy atom. The third-order valence-electron chi connectivity index (χ3n) is 2.91. The van der Waals surface area contributed by atoms with E-state index in [1.54, 1.807) is 13.2 Å². The van der Waals surface area contributed by atoms with Crippen LogP contribution in [-0.2, 0) is 0 Å². The van der Waals surface area contributed by atoms with E-state index in [2.05, 4.69) is 15.9 Å². The quantitative estimate of drug-likeness (QED) is 0.779. The third-order valence-corrected chi connectivity index (χ3v) is 3.57. The predicted octanol–water partition coefficient (Wildman–Crippen LogP) is 4.08. The lowest BCUT2D eigenvalue weighted by Crippen LogP contribution is -2.23. The van der Waals surface area contributed by atoms with E-state index in [-0.39, 0.29) is 11.2 Å². The maximum atomic E-state index is 12.2. The third kappa shape index (κ3) is 2.64. The second-order valence-electron chi connectivity index (χ2n) is 4.42. The molecular weight excluding hydrogens is 268 g/mol. The summed E-state index contributed by atoms with van der Waals surface area (Å²) >= 11 is 3.37. The number of Topliss-reactive ketones (excluding diaryl/α,β-unsaturated/α-hetero) is 1. The number of rotatable bonds is 4. The molecule has 2 nitrogen and oxygen atoms in total. The van der Waals surface area contributed by atoms with Gasteiger partial charge in [0.05, 0.1) is 11.6 Å². The van der Waals surface area contributed by atoms with Gasteiger partial charge in [0, 0.05) is 11.0 Å². The Balaban J connectivity index is 3.10. The molecule has 0 saturated heterocycles. The zero-order chi connectivity index (χ0) is 12.3. The van der Waals surface area contributed by atoms with E-state index in [1.807, 2.05) is 32.9 Å². The monoisotopic (exact) mass is 284 g/mol. The molecule has 0 unspecified atom stereocenters. The molecule has 1 aromatic carbocycles. The van der Waals surface area contributed by atoms with E-state index >= 15 is 0 Å². The number of benzene rings is 1. The minimum absolute atomic E-state index is 0.154. The number of ether oxygens (including phenoxy) is 1. The van der Waals surface area contributed by atoms with Gasteiger partial charge in [-0.1, -0.05) is 20.8 Å². The van der Waals surface area contributed by atoms with Gasteiger partial charge in [-0.25, -0.2) is 0 Å². The van der Waals surface area contributed by atoms with Gasteiger partial charge >= 0.3 is 0 Å². The molecule has 0 spiro atoms. The highest BCUT2D eigenvalue weighted by molar-refractivity contribution is 9.10.